The Hall–Kier alpha value is -3.35. The van der Waals surface area contributed by atoms with E-state index in [-0.39, 0.29) is 5.56 Å². The SMILES string of the molecule is COc1ccc2nc(Nc3ccn(C)c(=O)c3)c3[nH]ncc3c2c1. The van der Waals surface area contributed by atoms with Gasteiger partial charge in [-0.2, -0.15) is 5.10 Å². The Labute approximate surface area is 136 Å². The summed E-state index contributed by atoms with van der Waals surface area (Å²) in [5.41, 5.74) is 2.17. The molecule has 7 nitrogen and oxygen atoms in total. The van der Waals surface area contributed by atoms with Crippen LogP contribution in [0.2, 0.25) is 0 Å². The number of hydrogen-bond donors (Lipinski definition) is 2. The van der Waals surface area contributed by atoms with E-state index in [2.05, 4.69) is 20.5 Å². The first-order valence-corrected chi connectivity index (χ1v) is 7.40. The van der Waals surface area contributed by atoms with Gasteiger partial charge in [0.1, 0.15) is 11.3 Å². The van der Waals surface area contributed by atoms with Gasteiger partial charge in [-0.15, -0.1) is 0 Å². The van der Waals surface area contributed by atoms with Crippen molar-refractivity contribution in [3.8, 4) is 5.75 Å². The fourth-order valence-electron chi connectivity index (χ4n) is 2.66. The molecule has 3 aromatic heterocycles. The zero-order valence-corrected chi connectivity index (χ0v) is 13.2. The van der Waals surface area contributed by atoms with Crippen molar-refractivity contribution in [3.63, 3.8) is 0 Å². The molecule has 7 heteroatoms. The third-order valence-electron chi connectivity index (χ3n) is 3.97. The third-order valence-corrected chi connectivity index (χ3v) is 3.97. The van der Waals surface area contributed by atoms with Gasteiger partial charge in [0.25, 0.3) is 5.56 Å². The Bertz CT molecular complexity index is 1110. The van der Waals surface area contributed by atoms with E-state index >= 15 is 0 Å². The van der Waals surface area contributed by atoms with Gasteiger partial charge in [0, 0.05) is 35.8 Å². The normalized spacial score (nSPS) is 11.1. The van der Waals surface area contributed by atoms with Gasteiger partial charge in [0.05, 0.1) is 18.8 Å². The zero-order chi connectivity index (χ0) is 16.7. The number of nitrogens with zero attached hydrogens (tertiary/aromatic N) is 3. The highest BCUT2D eigenvalue weighted by Gasteiger charge is 2.11. The predicted octanol–water partition coefficient (Wildman–Crippen LogP) is 2.56. The lowest BCUT2D eigenvalue weighted by atomic mass is 10.1. The summed E-state index contributed by atoms with van der Waals surface area (Å²) in [5, 5.41) is 12.2. The highest BCUT2D eigenvalue weighted by Crippen LogP contribution is 2.31. The van der Waals surface area contributed by atoms with Crippen molar-refractivity contribution in [1.82, 2.24) is 19.7 Å². The zero-order valence-electron chi connectivity index (χ0n) is 13.2. The molecule has 0 bridgehead atoms. The van der Waals surface area contributed by atoms with Crippen LogP contribution in [0, 0.1) is 0 Å². The minimum absolute atomic E-state index is 0.0913. The Balaban J connectivity index is 1.89. The maximum atomic E-state index is 11.8. The number of aromatic amines is 1. The number of fused-ring (bicyclic) bond motifs is 3. The number of methoxy groups -OCH3 is 1. The molecule has 0 saturated heterocycles. The molecule has 3 heterocycles. The first-order chi connectivity index (χ1) is 11.7. The molecule has 4 aromatic rings. The molecule has 2 N–H and O–H groups in total. The first-order valence-electron chi connectivity index (χ1n) is 7.40. The van der Waals surface area contributed by atoms with Crippen LogP contribution in [-0.4, -0.2) is 26.9 Å². The number of ether oxygens (including phenoxy) is 1. The van der Waals surface area contributed by atoms with Crippen LogP contribution in [0.25, 0.3) is 21.8 Å². The van der Waals surface area contributed by atoms with Gasteiger partial charge >= 0.3 is 0 Å². The Morgan fingerprint density at radius 3 is 2.88 bits per heavy atom. The summed E-state index contributed by atoms with van der Waals surface area (Å²) in [6.07, 6.45) is 3.47. The van der Waals surface area contributed by atoms with E-state index in [1.54, 1.807) is 26.6 Å². The fourth-order valence-corrected chi connectivity index (χ4v) is 2.66. The van der Waals surface area contributed by atoms with E-state index in [1.165, 1.54) is 10.6 Å². The van der Waals surface area contributed by atoms with Crippen LogP contribution >= 0.6 is 0 Å². The number of aryl methyl sites for hydroxylation is 1. The fraction of sp³-hybridized carbons (Fsp3) is 0.118. The van der Waals surface area contributed by atoms with E-state index in [9.17, 15) is 4.79 Å². The highest BCUT2D eigenvalue weighted by atomic mass is 16.5. The molecule has 0 amide bonds. The molecule has 0 aliphatic rings. The van der Waals surface area contributed by atoms with Gasteiger partial charge < -0.3 is 14.6 Å². The van der Waals surface area contributed by atoms with Gasteiger partial charge in [-0.25, -0.2) is 4.98 Å². The predicted molar refractivity (Wildman–Crippen MR) is 92.9 cm³/mol. The molecule has 120 valence electrons. The van der Waals surface area contributed by atoms with Crippen LogP contribution in [0.5, 0.6) is 5.75 Å². The summed E-state index contributed by atoms with van der Waals surface area (Å²) in [6, 6.07) is 9.05. The summed E-state index contributed by atoms with van der Waals surface area (Å²) in [4.78, 5) is 16.4. The van der Waals surface area contributed by atoms with Crippen LogP contribution in [-0.2, 0) is 7.05 Å². The van der Waals surface area contributed by atoms with Crippen molar-refractivity contribution in [2.24, 2.45) is 7.05 Å². The Kier molecular flexibility index (Phi) is 3.19. The molecule has 0 unspecified atom stereocenters. The maximum absolute atomic E-state index is 11.8. The molecular weight excluding hydrogens is 306 g/mol. The van der Waals surface area contributed by atoms with Gasteiger partial charge in [-0.05, 0) is 24.3 Å². The largest absolute Gasteiger partial charge is 0.497 e. The molecule has 0 radical (unpaired) electrons. The highest BCUT2D eigenvalue weighted by molar-refractivity contribution is 6.09. The average Bonchev–Trinajstić information content (AvgIpc) is 3.08. The van der Waals surface area contributed by atoms with Crippen molar-refractivity contribution in [1.29, 1.82) is 0 Å². The molecule has 4 rings (SSSR count). The van der Waals surface area contributed by atoms with Gasteiger partial charge in [-0.3, -0.25) is 9.89 Å². The van der Waals surface area contributed by atoms with E-state index < -0.39 is 0 Å². The molecular formula is C17H15N5O2. The minimum Gasteiger partial charge on any atom is -0.497 e. The molecule has 0 fully saturated rings. The minimum atomic E-state index is -0.0913. The number of aromatic nitrogens is 4. The quantitative estimate of drug-likeness (QED) is 0.606. The van der Waals surface area contributed by atoms with Crippen LogP contribution in [0.4, 0.5) is 11.5 Å². The smallest absolute Gasteiger partial charge is 0.252 e. The second-order valence-electron chi connectivity index (χ2n) is 5.49. The average molecular weight is 321 g/mol. The lowest BCUT2D eigenvalue weighted by Gasteiger charge is -2.10. The second kappa shape index (κ2) is 5.38. The van der Waals surface area contributed by atoms with Crippen LogP contribution in [0.1, 0.15) is 0 Å². The summed E-state index contributed by atoms with van der Waals surface area (Å²) < 4.78 is 6.80. The molecule has 0 saturated carbocycles. The Morgan fingerprint density at radius 1 is 1.21 bits per heavy atom. The summed E-state index contributed by atoms with van der Waals surface area (Å²) >= 11 is 0. The van der Waals surface area contributed by atoms with Crippen molar-refractivity contribution >= 4 is 33.3 Å². The Morgan fingerprint density at radius 2 is 2.08 bits per heavy atom. The van der Waals surface area contributed by atoms with Crippen molar-refractivity contribution in [2.45, 2.75) is 0 Å². The second-order valence-corrected chi connectivity index (χ2v) is 5.49. The van der Waals surface area contributed by atoms with Gasteiger partial charge in [-0.1, -0.05) is 0 Å². The topological polar surface area (TPSA) is 84.8 Å². The number of H-pyrrole nitrogens is 1. The van der Waals surface area contributed by atoms with E-state index in [0.29, 0.717) is 11.5 Å². The molecule has 0 aliphatic carbocycles. The third kappa shape index (κ3) is 2.26. The number of benzene rings is 1. The number of nitrogens with one attached hydrogen (secondary N) is 2. The van der Waals surface area contributed by atoms with Crippen molar-refractivity contribution in [3.05, 3.63) is 53.1 Å². The molecule has 1 aromatic carbocycles. The number of hydrogen-bond acceptors (Lipinski definition) is 5. The monoisotopic (exact) mass is 321 g/mol. The molecule has 0 atom stereocenters. The number of anilines is 2. The van der Waals surface area contributed by atoms with Crippen LogP contribution in [0.3, 0.4) is 0 Å². The standard InChI is InChI=1S/C17H15N5O2/c1-22-6-5-10(7-15(22)23)19-17-16-13(9-18-21-16)12-8-11(24-2)3-4-14(12)20-17/h3-9H,1-2H3,(H,18,21)(H,19,20). The van der Waals surface area contributed by atoms with Crippen molar-refractivity contribution < 1.29 is 4.74 Å². The van der Waals surface area contributed by atoms with Gasteiger partial charge in [0.15, 0.2) is 5.82 Å². The molecule has 0 aliphatic heterocycles. The van der Waals surface area contributed by atoms with E-state index in [0.717, 1.165) is 27.6 Å². The lowest BCUT2D eigenvalue weighted by Crippen LogP contribution is -2.14. The summed E-state index contributed by atoms with van der Waals surface area (Å²) in [6.45, 7) is 0. The van der Waals surface area contributed by atoms with Crippen LogP contribution in [0.15, 0.2) is 47.5 Å². The first kappa shape index (κ1) is 14.3. The number of pyridine rings is 2. The molecule has 24 heavy (non-hydrogen) atoms. The summed E-state index contributed by atoms with van der Waals surface area (Å²) in [7, 11) is 3.34. The lowest BCUT2D eigenvalue weighted by molar-refractivity contribution is 0.415. The maximum Gasteiger partial charge on any atom is 0.252 e. The van der Waals surface area contributed by atoms with Crippen molar-refractivity contribution in [2.75, 3.05) is 12.4 Å². The molecule has 0 spiro atoms. The van der Waals surface area contributed by atoms with Crippen LogP contribution < -0.4 is 15.6 Å². The van der Waals surface area contributed by atoms with E-state index in [4.69, 9.17) is 4.74 Å². The van der Waals surface area contributed by atoms with E-state index in [1.807, 2.05) is 24.3 Å². The summed E-state index contributed by atoms with van der Waals surface area (Å²) in [5.74, 6) is 1.38. The van der Waals surface area contributed by atoms with Gasteiger partial charge in [0.2, 0.25) is 0 Å². The number of rotatable bonds is 3.